The first-order valence-electron chi connectivity index (χ1n) is 14.4. The minimum Gasteiger partial charge on any atom is -0.496 e. The zero-order chi connectivity index (χ0) is 31.8. The number of hydrogen-bond acceptors (Lipinski definition) is 9. The largest absolute Gasteiger partial charge is 0.496 e. The highest BCUT2D eigenvalue weighted by molar-refractivity contribution is 5.90. The van der Waals surface area contributed by atoms with Crippen LogP contribution in [0.15, 0.2) is 81.2 Å². The van der Waals surface area contributed by atoms with Crippen molar-refractivity contribution in [2.24, 2.45) is 0 Å². The Labute approximate surface area is 258 Å². The highest BCUT2D eigenvalue weighted by Crippen LogP contribution is 2.35. The standard InChI is InChI=1S/C34H33N5O6/c1-19-13-24(32-37-31(22-9-8-12-35-16-22)20(2)33(40)38(32)17-19)21(3)36-26-10-7-11-27-30(26)34(41)39(45-27)18-25-28(43-5)14-23(42-4)15-29(25)44-6/h7-17,21,36H,18H2,1-6H3. The third-order valence-electron chi connectivity index (χ3n) is 7.88. The fourth-order valence-electron chi connectivity index (χ4n) is 5.62. The molecule has 230 valence electrons. The summed E-state index contributed by atoms with van der Waals surface area (Å²) < 4.78 is 25.4. The lowest BCUT2D eigenvalue weighted by Gasteiger charge is -2.19. The Bertz CT molecular complexity index is 2140. The van der Waals surface area contributed by atoms with Crippen LogP contribution in [0.1, 0.15) is 35.2 Å². The van der Waals surface area contributed by atoms with E-state index in [0.29, 0.717) is 56.4 Å². The lowest BCUT2D eigenvalue weighted by molar-refractivity contribution is 0.290. The number of pyridine rings is 2. The molecule has 0 bridgehead atoms. The number of anilines is 1. The van der Waals surface area contributed by atoms with Gasteiger partial charge in [-0.15, -0.1) is 0 Å². The van der Waals surface area contributed by atoms with Gasteiger partial charge in [-0.3, -0.25) is 19.0 Å². The predicted octanol–water partition coefficient (Wildman–Crippen LogP) is 5.53. The summed E-state index contributed by atoms with van der Waals surface area (Å²) in [7, 11) is 4.64. The van der Waals surface area contributed by atoms with Crippen molar-refractivity contribution in [2.45, 2.75) is 33.4 Å². The van der Waals surface area contributed by atoms with Crippen LogP contribution in [0, 0.1) is 13.8 Å². The number of nitrogens with zero attached hydrogens (tertiary/aromatic N) is 4. The number of aromatic nitrogens is 4. The zero-order valence-corrected chi connectivity index (χ0v) is 25.9. The summed E-state index contributed by atoms with van der Waals surface area (Å²) in [5.74, 6) is 1.56. The number of ether oxygens (including phenoxy) is 3. The summed E-state index contributed by atoms with van der Waals surface area (Å²) in [6.45, 7) is 5.75. The Morgan fingerprint density at radius 1 is 0.956 bits per heavy atom. The number of hydrogen-bond donors (Lipinski definition) is 1. The molecule has 0 fully saturated rings. The maximum absolute atomic E-state index is 13.8. The van der Waals surface area contributed by atoms with Crippen molar-refractivity contribution in [3.63, 3.8) is 0 Å². The summed E-state index contributed by atoms with van der Waals surface area (Å²) in [5.41, 5.74) is 5.25. The molecule has 0 spiro atoms. The molecule has 0 aliphatic rings. The minimum atomic E-state index is -0.341. The van der Waals surface area contributed by atoms with Gasteiger partial charge < -0.3 is 24.1 Å². The third kappa shape index (κ3) is 5.26. The molecule has 11 heteroatoms. The first-order valence-corrected chi connectivity index (χ1v) is 14.4. The van der Waals surface area contributed by atoms with Crippen LogP contribution in [0.25, 0.3) is 27.9 Å². The summed E-state index contributed by atoms with van der Waals surface area (Å²) in [5, 5.41) is 3.88. The molecule has 0 aliphatic carbocycles. The molecule has 0 saturated heterocycles. The molecule has 1 N–H and O–H groups in total. The highest BCUT2D eigenvalue weighted by atomic mass is 16.5. The molecule has 2 aromatic carbocycles. The molecule has 0 radical (unpaired) electrons. The van der Waals surface area contributed by atoms with E-state index in [4.69, 9.17) is 23.7 Å². The van der Waals surface area contributed by atoms with E-state index in [1.54, 1.807) is 69.4 Å². The second-order valence-corrected chi connectivity index (χ2v) is 10.8. The molecule has 1 unspecified atom stereocenters. The average molecular weight is 608 g/mol. The van der Waals surface area contributed by atoms with Gasteiger partial charge in [0.1, 0.15) is 28.3 Å². The second-order valence-electron chi connectivity index (χ2n) is 10.8. The first kappa shape index (κ1) is 29.5. The van der Waals surface area contributed by atoms with Crippen LogP contribution in [-0.2, 0) is 6.54 Å². The number of fused-ring (bicyclic) bond motifs is 2. The van der Waals surface area contributed by atoms with E-state index in [0.717, 1.165) is 16.7 Å². The normalized spacial score (nSPS) is 12.0. The van der Waals surface area contributed by atoms with Crippen LogP contribution < -0.4 is 30.6 Å². The molecular weight excluding hydrogens is 574 g/mol. The number of nitrogens with one attached hydrogen (secondary N) is 1. The van der Waals surface area contributed by atoms with Crippen molar-refractivity contribution in [2.75, 3.05) is 26.6 Å². The van der Waals surface area contributed by atoms with Crippen molar-refractivity contribution in [1.29, 1.82) is 0 Å². The van der Waals surface area contributed by atoms with Crippen molar-refractivity contribution in [3.05, 3.63) is 110 Å². The summed E-state index contributed by atoms with van der Waals surface area (Å²) in [4.78, 5) is 36.5. The van der Waals surface area contributed by atoms with Crippen LogP contribution >= 0.6 is 0 Å². The molecule has 1 atom stereocenters. The number of rotatable bonds is 9. The highest BCUT2D eigenvalue weighted by Gasteiger charge is 2.22. The molecule has 0 aliphatic heterocycles. The number of aryl methyl sites for hydroxylation is 1. The van der Waals surface area contributed by atoms with E-state index in [2.05, 4.69) is 10.3 Å². The van der Waals surface area contributed by atoms with E-state index >= 15 is 0 Å². The predicted molar refractivity (Wildman–Crippen MR) is 172 cm³/mol. The molecular formula is C34H33N5O6. The first-order chi connectivity index (χ1) is 21.7. The lowest BCUT2D eigenvalue weighted by Crippen LogP contribution is -2.22. The smallest absolute Gasteiger partial charge is 0.292 e. The molecule has 6 rings (SSSR count). The van der Waals surface area contributed by atoms with Crippen LogP contribution in [0.3, 0.4) is 0 Å². The number of benzene rings is 2. The van der Waals surface area contributed by atoms with Crippen molar-refractivity contribution in [3.8, 4) is 28.5 Å². The Morgan fingerprint density at radius 2 is 1.71 bits per heavy atom. The fourth-order valence-corrected chi connectivity index (χ4v) is 5.62. The van der Waals surface area contributed by atoms with Gasteiger partial charge in [0, 0.05) is 47.4 Å². The SMILES string of the molecule is COc1cc(OC)c(Cn2oc3cccc(NC(C)c4cc(C)cn5c(=O)c(C)c(-c6cccnc6)nc45)c3c2=O)c(OC)c1. The van der Waals surface area contributed by atoms with Gasteiger partial charge in [-0.25, -0.2) is 4.98 Å². The topological polar surface area (TPSA) is 122 Å². The van der Waals surface area contributed by atoms with E-state index in [1.807, 2.05) is 44.2 Å². The zero-order valence-electron chi connectivity index (χ0n) is 25.9. The number of methoxy groups -OCH3 is 3. The Balaban J connectivity index is 1.42. The van der Waals surface area contributed by atoms with Gasteiger partial charge in [-0.1, -0.05) is 6.07 Å². The van der Waals surface area contributed by atoms with Crippen molar-refractivity contribution < 1.29 is 18.7 Å². The molecule has 0 saturated carbocycles. The van der Waals surface area contributed by atoms with Crippen molar-refractivity contribution in [1.82, 2.24) is 19.1 Å². The maximum Gasteiger partial charge on any atom is 0.292 e. The van der Waals surface area contributed by atoms with Crippen LogP contribution in [0.2, 0.25) is 0 Å². The van der Waals surface area contributed by atoms with Crippen molar-refractivity contribution >= 4 is 22.3 Å². The summed E-state index contributed by atoms with van der Waals surface area (Å²) >= 11 is 0. The van der Waals surface area contributed by atoms with Crippen LogP contribution in [-0.4, -0.2) is 40.4 Å². The Hall–Kier alpha value is -5.58. The fraction of sp³-hybridized carbons (Fsp3) is 0.235. The average Bonchev–Trinajstić information content (AvgIpc) is 3.38. The molecule has 4 aromatic heterocycles. The monoisotopic (exact) mass is 607 g/mol. The molecule has 11 nitrogen and oxygen atoms in total. The van der Waals surface area contributed by atoms with E-state index in [1.165, 1.54) is 4.74 Å². The van der Waals surface area contributed by atoms with E-state index in [9.17, 15) is 9.59 Å². The van der Waals surface area contributed by atoms with Crippen LogP contribution in [0.5, 0.6) is 17.2 Å². The van der Waals surface area contributed by atoms with Gasteiger partial charge in [-0.05, 0) is 56.7 Å². The van der Waals surface area contributed by atoms with Gasteiger partial charge in [0.15, 0.2) is 5.58 Å². The molecule has 6 aromatic rings. The lowest BCUT2D eigenvalue weighted by atomic mass is 10.0. The van der Waals surface area contributed by atoms with Gasteiger partial charge >= 0.3 is 0 Å². The maximum atomic E-state index is 13.8. The van der Waals surface area contributed by atoms with Gasteiger partial charge in [-0.2, -0.15) is 4.74 Å². The second kappa shape index (κ2) is 11.8. The Morgan fingerprint density at radius 3 is 2.38 bits per heavy atom. The molecule has 0 amide bonds. The third-order valence-corrected chi connectivity index (χ3v) is 7.88. The van der Waals surface area contributed by atoms with Crippen LogP contribution in [0.4, 0.5) is 5.69 Å². The van der Waals surface area contributed by atoms with E-state index < -0.39 is 0 Å². The summed E-state index contributed by atoms with van der Waals surface area (Å²) in [6.07, 6.45) is 5.17. The minimum absolute atomic E-state index is 0.0741. The Kier molecular flexibility index (Phi) is 7.76. The van der Waals surface area contributed by atoms with Gasteiger partial charge in [0.2, 0.25) is 0 Å². The molecule has 45 heavy (non-hydrogen) atoms. The molecule has 4 heterocycles. The van der Waals surface area contributed by atoms with E-state index in [-0.39, 0.29) is 23.7 Å². The quantitative estimate of drug-likeness (QED) is 0.226. The van der Waals surface area contributed by atoms with Gasteiger partial charge in [0.25, 0.3) is 11.1 Å². The summed E-state index contributed by atoms with van der Waals surface area (Å²) in [6, 6.07) is 14.2. The van der Waals surface area contributed by atoms with Gasteiger partial charge in [0.05, 0.1) is 50.9 Å².